The average Bonchev–Trinajstić information content (AvgIpc) is 3.18. The van der Waals surface area contributed by atoms with Gasteiger partial charge in [-0.05, 0) is 18.1 Å². The SMILES string of the molecule is CC(C)c1c(C(=O)OCC(=O)N(CCC#N)CCC#N)cnn1-c1ccccn1. The first-order valence-corrected chi connectivity index (χ1v) is 9.17. The fourth-order valence-electron chi connectivity index (χ4n) is 2.76. The highest BCUT2D eigenvalue weighted by atomic mass is 16.5. The van der Waals surface area contributed by atoms with E-state index in [-0.39, 0.29) is 37.4 Å². The van der Waals surface area contributed by atoms with Gasteiger partial charge in [0, 0.05) is 19.3 Å². The van der Waals surface area contributed by atoms with Crippen LogP contribution in [0.3, 0.4) is 0 Å². The standard InChI is InChI=1S/C20H22N6O3/c1-15(2)19-16(13-24-26(19)17-7-3-4-10-23-17)20(28)29-14-18(27)25(11-5-8-21)12-6-9-22/h3-4,7,10,13,15H,5-6,11-12,14H2,1-2H3. The van der Waals surface area contributed by atoms with E-state index in [1.165, 1.54) is 11.1 Å². The molecule has 0 N–H and O–H groups in total. The summed E-state index contributed by atoms with van der Waals surface area (Å²) in [5, 5.41) is 21.7. The van der Waals surface area contributed by atoms with Crippen LogP contribution in [0, 0.1) is 22.7 Å². The summed E-state index contributed by atoms with van der Waals surface area (Å²) in [6.45, 7) is 3.74. The number of hydrogen-bond donors (Lipinski definition) is 0. The predicted octanol–water partition coefficient (Wildman–Crippen LogP) is 2.20. The maximum atomic E-state index is 12.6. The summed E-state index contributed by atoms with van der Waals surface area (Å²) < 4.78 is 6.78. The normalized spacial score (nSPS) is 10.2. The predicted molar refractivity (Wildman–Crippen MR) is 103 cm³/mol. The molecule has 2 aromatic rings. The number of carbonyl (C=O) groups is 2. The molecule has 150 valence electrons. The topological polar surface area (TPSA) is 125 Å². The van der Waals surface area contributed by atoms with Gasteiger partial charge in [-0.1, -0.05) is 19.9 Å². The van der Waals surface area contributed by atoms with Crippen LogP contribution < -0.4 is 0 Å². The van der Waals surface area contributed by atoms with Crippen LogP contribution in [0.1, 0.15) is 48.7 Å². The molecule has 0 unspecified atom stereocenters. The second-order valence-corrected chi connectivity index (χ2v) is 6.47. The van der Waals surface area contributed by atoms with Crippen LogP contribution in [0.25, 0.3) is 5.82 Å². The first-order valence-electron chi connectivity index (χ1n) is 9.17. The molecule has 0 spiro atoms. The van der Waals surface area contributed by atoms with Crippen molar-refractivity contribution in [1.29, 1.82) is 10.5 Å². The minimum absolute atomic E-state index is 0.0412. The fraction of sp³-hybridized carbons (Fsp3) is 0.400. The van der Waals surface area contributed by atoms with E-state index in [2.05, 4.69) is 10.1 Å². The zero-order valence-electron chi connectivity index (χ0n) is 16.4. The van der Waals surface area contributed by atoms with E-state index in [9.17, 15) is 9.59 Å². The molecule has 0 aromatic carbocycles. The van der Waals surface area contributed by atoms with Gasteiger partial charge in [-0.2, -0.15) is 15.6 Å². The summed E-state index contributed by atoms with van der Waals surface area (Å²) >= 11 is 0. The van der Waals surface area contributed by atoms with Crippen LogP contribution in [0.15, 0.2) is 30.6 Å². The van der Waals surface area contributed by atoms with E-state index in [0.717, 1.165) is 0 Å². The van der Waals surface area contributed by atoms with Crippen molar-refractivity contribution in [3.05, 3.63) is 41.9 Å². The van der Waals surface area contributed by atoms with Gasteiger partial charge in [0.15, 0.2) is 12.4 Å². The highest BCUT2D eigenvalue weighted by Crippen LogP contribution is 2.22. The molecule has 2 rings (SSSR count). The third kappa shape index (κ3) is 5.63. The van der Waals surface area contributed by atoms with Gasteiger partial charge in [-0.25, -0.2) is 14.5 Å². The third-order valence-corrected chi connectivity index (χ3v) is 4.11. The van der Waals surface area contributed by atoms with Crippen molar-refractivity contribution in [3.63, 3.8) is 0 Å². The Morgan fingerprint density at radius 3 is 2.45 bits per heavy atom. The van der Waals surface area contributed by atoms with Gasteiger partial charge in [0.1, 0.15) is 5.56 Å². The summed E-state index contributed by atoms with van der Waals surface area (Å²) in [5.74, 6) is -0.581. The van der Waals surface area contributed by atoms with Crippen molar-refractivity contribution in [3.8, 4) is 18.0 Å². The zero-order chi connectivity index (χ0) is 21.2. The average molecular weight is 394 g/mol. The third-order valence-electron chi connectivity index (χ3n) is 4.11. The van der Waals surface area contributed by atoms with Crippen LogP contribution in [0.5, 0.6) is 0 Å². The number of nitriles is 2. The highest BCUT2D eigenvalue weighted by molar-refractivity contribution is 5.92. The molecule has 29 heavy (non-hydrogen) atoms. The van der Waals surface area contributed by atoms with Gasteiger partial charge in [0.25, 0.3) is 5.91 Å². The minimum Gasteiger partial charge on any atom is -0.452 e. The molecule has 0 fully saturated rings. The molecule has 9 heteroatoms. The van der Waals surface area contributed by atoms with Crippen molar-refractivity contribution >= 4 is 11.9 Å². The van der Waals surface area contributed by atoms with Gasteiger partial charge in [0.2, 0.25) is 0 Å². The molecule has 0 bridgehead atoms. The Hall–Kier alpha value is -3.72. The van der Waals surface area contributed by atoms with Crippen LogP contribution in [-0.2, 0) is 9.53 Å². The highest BCUT2D eigenvalue weighted by Gasteiger charge is 2.24. The van der Waals surface area contributed by atoms with E-state index in [4.69, 9.17) is 15.3 Å². The number of amides is 1. The number of carbonyl (C=O) groups excluding carboxylic acids is 2. The lowest BCUT2D eigenvalue weighted by atomic mass is 10.1. The lowest BCUT2D eigenvalue weighted by Gasteiger charge is -2.20. The number of ether oxygens (including phenoxy) is 1. The Kier molecular flexibility index (Phi) is 7.87. The molecular formula is C20H22N6O3. The molecule has 2 heterocycles. The Labute approximate surface area is 169 Å². The summed E-state index contributed by atoms with van der Waals surface area (Å²) in [6, 6.07) is 9.30. The van der Waals surface area contributed by atoms with Crippen molar-refractivity contribution < 1.29 is 14.3 Å². The van der Waals surface area contributed by atoms with E-state index in [1.807, 2.05) is 32.1 Å². The van der Waals surface area contributed by atoms with E-state index < -0.39 is 18.5 Å². The van der Waals surface area contributed by atoms with Crippen LogP contribution in [0.4, 0.5) is 0 Å². The largest absolute Gasteiger partial charge is 0.452 e. The number of nitrogens with zero attached hydrogens (tertiary/aromatic N) is 6. The van der Waals surface area contributed by atoms with Gasteiger partial charge in [0.05, 0.1) is 36.9 Å². The smallest absolute Gasteiger partial charge is 0.342 e. The molecule has 1 amide bonds. The Balaban J connectivity index is 2.12. The van der Waals surface area contributed by atoms with Crippen molar-refractivity contribution in [1.82, 2.24) is 19.7 Å². The lowest BCUT2D eigenvalue weighted by molar-refractivity contribution is -0.134. The number of esters is 1. The molecule has 0 atom stereocenters. The number of pyridine rings is 1. The minimum atomic E-state index is -0.662. The molecule has 0 saturated heterocycles. The van der Waals surface area contributed by atoms with Gasteiger partial charge in [-0.3, -0.25) is 4.79 Å². The van der Waals surface area contributed by atoms with Crippen LogP contribution in [0.2, 0.25) is 0 Å². The van der Waals surface area contributed by atoms with Gasteiger partial charge < -0.3 is 9.64 Å². The van der Waals surface area contributed by atoms with E-state index in [1.54, 1.807) is 23.0 Å². The van der Waals surface area contributed by atoms with Crippen LogP contribution in [-0.4, -0.2) is 51.2 Å². The Bertz CT molecular complexity index is 906. The molecule has 0 aliphatic carbocycles. The Morgan fingerprint density at radius 2 is 1.90 bits per heavy atom. The Morgan fingerprint density at radius 1 is 1.21 bits per heavy atom. The molecule has 0 aliphatic heterocycles. The zero-order valence-corrected chi connectivity index (χ0v) is 16.4. The summed E-state index contributed by atoms with van der Waals surface area (Å²) in [7, 11) is 0. The van der Waals surface area contributed by atoms with Crippen LogP contribution >= 0.6 is 0 Å². The number of hydrogen-bond acceptors (Lipinski definition) is 7. The monoisotopic (exact) mass is 394 g/mol. The first kappa shape index (κ1) is 21.6. The van der Waals surface area contributed by atoms with E-state index in [0.29, 0.717) is 11.5 Å². The second-order valence-electron chi connectivity index (χ2n) is 6.47. The van der Waals surface area contributed by atoms with Gasteiger partial charge >= 0.3 is 5.97 Å². The molecule has 9 nitrogen and oxygen atoms in total. The lowest BCUT2D eigenvalue weighted by Crippen LogP contribution is -2.36. The maximum absolute atomic E-state index is 12.6. The molecular weight excluding hydrogens is 372 g/mol. The van der Waals surface area contributed by atoms with Crippen molar-refractivity contribution in [2.75, 3.05) is 19.7 Å². The summed E-state index contributed by atoms with van der Waals surface area (Å²) in [4.78, 5) is 30.5. The van der Waals surface area contributed by atoms with E-state index >= 15 is 0 Å². The van der Waals surface area contributed by atoms with Crippen molar-refractivity contribution in [2.24, 2.45) is 0 Å². The number of rotatable bonds is 9. The quantitative estimate of drug-likeness (QED) is 0.597. The summed E-state index contributed by atoms with van der Waals surface area (Å²) in [5.41, 5.74) is 0.894. The summed E-state index contributed by atoms with van der Waals surface area (Å²) in [6.07, 6.45) is 3.31. The van der Waals surface area contributed by atoms with Gasteiger partial charge in [-0.15, -0.1) is 0 Å². The maximum Gasteiger partial charge on any atom is 0.342 e. The second kappa shape index (κ2) is 10.6. The molecule has 0 aliphatic rings. The number of aromatic nitrogens is 3. The molecule has 0 saturated carbocycles. The fourth-order valence-corrected chi connectivity index (χ4v) is 2.76. The van der Waals surface area contributed by atoms with Crippen molar-refractivity contribution in [2.45, 2.75) is 32.6 Å². The molecule has 2 aromatic heterocycles. The molecule has 0 radical (unpaired) electrons. The first-order chi connectivity index (χ1) is 14.0.